The second-order valence-electron chi connectivity index (χ2n) is 5.71. The van der Waals surface area contributed by atoms with Gasteiger partial charge in [-0.05, 0) is 44.9 Å². The van der Waals surface area contributed by atoms with E-state index in [1.165, 1.54) is 19.3 Å². The van der Waals surface area contributed by atoms with E-state index in [9.17, 15) is 0 Å². The average Bonchev–Trinajstić information content (AvgIpc) is 2.80. The van der Waals surface area contributed by atoms with Gasteiger partial charge in [-0.25, -0.2) is 0 Å². The zero-order valence-electron chi connectivity index (χ0n) is 9.21. The normalized spacial score (nSPS) is 50.1. The van der Waals surface area contributed by atoms with Gasteiger partial charge in [0.2, 0.25) is 0 Å². The Morgan fingerprint density at radius 2 is 1.93 bits per heavy atom. The fraction of sp³-hybridized carbons (Fsp3) is 1.00. The van der Waals surface area contributed by atoms with E-state index in [4.69, 9.17) is 9.47 Å². The fourth-order valence-electron chi connectivity index (χ4n) is 3.20. The molecule has 14 heavy (non-hydrogen) atoms. The summed E-state index contributed by atoms with van der Waals surface area (Å²) in [5.74, 6) is 1.86. The van der Waals surface area contributed by atoms with Crippen molar-refractivity contribution in [3.63, 3.8) is 0 Å². The van der Waals surface area contributed by atoms with Crippen LogP contribution in [0, 0.1) is 11.8 Å². The molecule has 3 fully saturated rings. The van der Waals surface area contributed by atoms with Crippen LogP contribution in [-0.4, -0.2) is 24.4 Å². The molecule has 3 aliphatic rings. The number of rotatable bonds is 0. The van der Waals surface area contributed by atoms with Gasteiger partial charge in [0.15, 0.2) is 0 Å². The van der Waals surface area contributed by atoms with Crippen molar-refractivity contribution in [3.8, 4) is 0 Å². The Labute approximate surface area is 86.0 Å². The Hall–Kier alpha value is -0.0800. The molecule has 3 atom stereocenters. The molecule has 1 aliphatic carbocycles. The van der Waals surface area contributed by atoms with Gasteiger partial charge in [-0.3, -0.25) is 0 Å². The van der Waals surface area contributed by atoms with Crippen molar-refractivity contribution in [2.24, 2.45) is 11.8 Å². The zero-order valence-corrected chi connectivity index (χ0v) is 9.21. The lowest BCUT2D eigenvalue weighted by Gasteiger charge is -2.39. The van der Waals surface area contributed by atoms with E-state index >= 15 is 0 Å². The monoisotopic (exact) mass is 196 g/mol. The van der Waals surface area contributed by atoms with Crippen LogP contribution in [0.5, 0.6) is 0 Å². The van der Waals surface area contributed by atoms with Crippen molar-refractivity contribution in [2.75, 3.05) is 13.2 Å². The van der Waals surface area contributed by atoms with Crippen LogP contribution in [0.1, 0.15) is 39.5 Å². The summed E-state index contributed by atoms with van der Waals surface area (Å²) in [6.07, 6.45) is 5.08. The smallest absolute Gasteiger partial charge is 0.0987 e. The maximum Gasteiger partial charge on any atom is 0.0987 e. The quantitative estimate of drug-likeness (QED) is 0.592. The minimum Gasteiger partial charge on any atom is -0.372 e. The van der Waals surface area contributed by atoms with Crippen LogP contribution in [0.15, 0.2) is 0 Å². The Kier molecular flexibility index (Phi) is 1.79. The van der Waals surface area contributed by atoms with Crippen molar-refractivity contribution in [2.45, 2.75) is 50.7 Å². The van der Waals surface area contributed by atoms with Crippen molar-refractivity contribution in [3.05, 3.63) is 0 Å². The first-order chi connectivity index (χ1) is 6.63. The van der Waals surface area contributed by atoms with Crippen LogP contribution in [-0.2, 0) is 9.47 Å². The highest BCUT2D eigenvalue weighted by Crippen LogP contribution is 2.52. The van der Waals surface area contributed by atoms with Crippen LogP contribution < -0.4 is 0 Å². The summed E-state index contributed by atoms with van der Waals surface area (Å²) < 4.78 is 12.0. The van der Waals surface area contributed by atoms with Gasteiger partial charge in [-0.15, -0.1) is 0 Å². The third kappa shape index (κ3) is 1.17. The molecule has 3 rings (SSSR count). The maximum absolute atomic E-state index is 6.20. The molecule has 2 saturated heterocycles. The SMILES string of the molecule is CC1(C)OCC[C@]12CC[C@@H]1C[C@@H]1CO2. The molecular weight excluding hydrogens is 176 g/mol. The van der Waals surface area contributed by atoms with E-state index in [-0.39, 0.29) is 11.2 Å². The number of ether oxygens (including phenoxy) is 2. The summed E-state index contributed by atoms with van der Waals surface area (Å²) in [5.41, 5.74) is -0.0236. The van der Waals surface area contributed by atoms with Crippen LogP contribution in [0.4, 0.5) is 0 Å². The molecule has 0 bridgehead atoms. The van der Waals surface area contributed by atoms with Crippen molar-refractivity contribution in [1.29, 1.82) is 0 Å². The summed E-state index contributed by atoms with van der Waals surface area (Å²) in [6.45, 7) is 6.24. The minimum absolute atomic E-state index is 0.0421. The molecule has 2 heterocycles. The average molecular weight is 196 g/mol. The van der Waals surface area contributed by atoms with Gasteiger partial charge in [0.25, 0.3) is 0 Å². The first-order valence-corrected chi connectivity index (χ1v) is 5.91. The second-order valence-corrected chi connectivity index (χ2v) is 5.71. The number of fused-ring (bicyclic) bond motifs is 1. The predicted molar refractivity (Wildman–Crippen MR) is 54.2 cm³/mol. The van der Waals surface area contributed by atoms with E-state index < -0.39 is 0 Å². The largest absolute Gasteiger partial charge is 0.372 e. The first kappa shape index (κ1) is 9.17. The fourth-order valence-corrected chi connectivity index (χ4v) is 3.20. The van der Waals surface area contributed by atoms with Crippen LogP contribution >= 0.6 is 0 Å². The third-order valence-electron chi connectivity index (χ3n) is 4.63. The van der Waals surface area contributed by atoms with Gasteiger partial charge in [0, 0.05) is 6.42 Å². The molecule has 1 saturated carbocycles. The molecule has 0 N–H and O–H groups in total. The highest BCUT2D eigenvalue weighted by molar-refractivity contribution is 5.04. The van der Waals surface area contributed by atoms with Gasteiger partial charge < -0.3 is 9.47 Å². The van der Waals surface area contributed by atoms with Crippen LogP contribution in [0.3, 0.4) is 0 Å². The van der Waals surface area contributed by atoms with Gasteiger partial charge in [0.1, 0.15) is 0 Å². The standard InChI is InChI=1S/C12H20O2/c1-11(2)12(5-6-13-11)4-3-9-7-10(9)8-14-12/h9-10H,3-8H2,1-2H3/t9-,10-,12-/m1/s1. The predicted octanol–water partition coefficient (Wildman–Crippen LogP) is 2.37. The molecule has 0 aromatic heterocycles. The lowest BCUT2D eigenvalue weighted by Crippen LogP contribution is -2.48. The highest BCUT2D eigenvalue weighted by atomic mass is 16.6. The van der Waals surface area contributed by atoms with Crippen molar-refractivity contribution >= 4 is 0 Å². The summed E-state index contributed by atoms with van der Waals surface area (Å²) in [7, 11) is 0. The molecular formula is C12H20O2. The topological polar surface area (TPSA) is 18.5 Å². The van der Waals surface area contributed by atoms with Gasteiger partial charge in [0.05, 0.1) is 24.4 Å². The lowest BCUT2D eigenvalue weighted by molar-refractivity contribution is -0.139. The maximum atomic E-state index is 6.20. The number of hydrogen-bond acceptors (Lipinski definition) is 2. The van der Waals surface area contributed by atoms with Crippen LogP contribution in [0.25, 0.3) is 0 Å². The zero-order chi connectivity index (χ0) is 9.81. The molecule has 80 valence electrons. The molecule has 2 heteroatoms. The van der Waals surface area contributed by atoms with E-state index in [0.29, 0.717) is 0 Å². The molecule has 0 unspecified atom stereocenters. The Morgan fingerprint density at radius 3 is 2.64 bits per heavy atom. The molecule has 0 radical (unpaired) electrons. The second kappa shape index (κ2) is 2.73. The minimum atomic E-state index is -0.0657. The third-order valence-corrected chi connectivity index (χ3v) is 4.63. The van der Waals surface area contributed by atoms with Gasteiger partial charge >= 0.3 is 0 Å². The van der Waals surface area contributed by atoms with E-state index in [1.807, 2.05) is 0 Å². The number of hydrogen-bond donors (Lipinski definition) is 0. The van der Waals surface area contributed by atoms with E-state index in [0.717, 1.165) is 31.5 Å². The molecule has 0 amide bonds. The van der Waals surface area contributed by atoms with Crippen molar-refractivity contribution < 1.29 is 9.47 Å². The molecule has 0 aromatic rings. The Morgan fingerprint density at radius 1 is 1.07 bits per heavy atom. The molecule has 0 aromatic carbocycles. The Balaban J connectivity index is 1.81. The molecule has 1 spiro atoms. The summed E-state index contributed by atoms with van der Waals surface area (Å²) >= 11 is 0. The van der Waals surface area contributed by atoms with Gasteiger partial charge in [-0.1, -0.05) is 0 Å². The lowest BCUT2D eigenvalue weighted by atomic mass is 9.81. The summed E-state index contributed by atoms with van der Waals surface area (Å²) in [4.78, 5) is 0. The van der Waals surface area contributed by atoms with E-state index in [1.54, 1.807) is 0 Å². The first-order valence-electron chi connectivity index (χ1n) is 5.91. The Bertz CT molecular complexity index is 235. The molecule has 2 nitrogen and oxygen atoms in total. The van der Waals surface area contributed by atoms with E-state index in [2.05, 4.69) is 13.8 Å². The highest BCUT2D eigenvalue weighted by Gasteiger charge is 2.55. The van der Waals surface area contributed by atoms with Crippen molar-refractivity contribution in [1.82, 2.24) is 0 Å². The van der Waals surface area contributed by atoms with Crippen LogP contribution in [0.2, 0.25) is 0 Å². The summed E-state index contributed by atoms with van der Waals surface area (Å²) in [5, 5.41) is 0. The van der Waals surface area contributed by atoms with Gasteiger partial charge in [-0.2, -0.15) is 0 Å². The molecule has 2 aliphatic heterocycles. The summed E-state index contributed by atoms with van der Waals surface area (Å²) in [6, 6.07) is 0.